The van der Waals surface area contributed by atoms with Crippen molar-refractivity contribution in [2.24, 2.45) is 0 Å². The van der Waals surface area contributed by atoms with Crippen LogP contribution in [0.4, 0.5) is 18.9 Å². The van der Waals surface area contributed by atoms with Crippen LogP contribution in [0.2, 0.25) is 10.0 Å². The van der Waals surface area contributed by atoms with E-state index in [-0.39, 0.29) is 21.2 Å². The van der Waals surface area contributed by atoms with Crippen molar-refractivity contribution in [2.45, 2.75) is 6.18 Å². The first kappa shape index (κ1) is 15.6. The highest BCUT2D eigenvalue weighted by atomic mass is 35.5. The van der Waals surface area contributed by atoms with Crippen LogP contribution in [0.1, 0.15) is 5.56 Å². The smallest absolute Gasteiger partial charge is 0.258 e. The molecule has 0 saturated heterocycles. The third-order valence-corrected chi connectivity index (χ3v) is 3.31. The van der Waals surface area contributed by atoms with Gasteiger partial charge in [0.15, 0.2) is 0 Å². The maximum absolute atomic E-state index is 12.6. The number of benzene rings is 2. The van der Waals surface area contributed by atoms with Crippen molar-refractivity contribution < 1.29 is 18.1 Å². The van der Waals surface area contributed by atoms with Crippen molar-refractivity contribution in [2.75, 3.05) is 0 Å². The van der Waals surface area contributed by atoms with E-state index in [2.05, 4.69) is 0 Å². The van der Waals surface area contributed by atoms with Crippen molar-refractivity contribution >= 4 is 28.9 Å². The van der Waals surface area contributed by atoms with Crippen LogP contribution in [0, 0.1) is 10.1 Å². The van der Waals surface area contributed by atoms with E-state index in [9.17, 15) is 23.3 Å². The number of halogens is 5. The highest BCUT2D eigenvalue weighted by Crippen LogP contribution is 2.39. The van der Waals surface area contributed by atoms with Gasteiger partial charge in [0.05, 0.1) is 16.1 Å². The highest BCUT2D eigenvalue weighted by Gasteiger charge is 2.33. The summed E-state index contributed by atoms with van der Waals surface area (Å²) in [6.45, 7) is 0. The molecule has 110 valence electrons. The number of nitro benzene ring substituents is 1. The predicted molar refractivity (Wildman–Crippen MR) is 73.6 cm³/mol. The van der Waals surface area contributed by atoms with Crippen LogP contribution in [-0.4, -0.2) is 4.92 Å². The molecular formula is C13H6Cl2F3NO2. The van der Waals surface area contributed by atoms with Crippen molar-refractivity contribution in [1.29, 1.82) is 0 Å². The zero-order valence-electron chi connectivity index (χ0n) is 10.1. The summed E-state index contributed by atoms with van der Waals surface area (Å²) in [5.41, 5.74) is -1.62. The maximum Gasteiger partial charge on any atom is 0.416 e. The monoisotopic (exact) mass is 335 g/mol. The first-order valence-corrected chi connectivity index (χ1v) is 6.27. The van der Waals surface area contributed by atoms with E-state index in [0.717, 1.165) is 12.1 Å². The molecule has 2 aromatic rings. The van der Waals surface area contributed by atoms with Gasteiger partial charge in [-0.15, -0.1) is 0 Å². The Hall–Kier alpha value is -1.79. The minimum atomic E-state index is -4.67. The minimum Gasteiger partial charge on any atom is -0.258 e. The molecule has 0 aliphatic rings. The second-order valence-corrected chi connectivity index (χ2v) is 4.95. The van der Waals surface area contributed by atoms with Gasteiger partial charge in [-0.25, -0.2) is 0 Å². The Morgan fingerprint density at radius 2 is 1.67 bits per heavy atom. The molecule has 3 nitrogen and oxygen atoms in total. The van der Waals surface area contributed by atoms with Gasteiger partial charge in [-0.1, -0.05) is 23.2 Å². The second-order valence-electron chi connectivity index (χ2n) is 4.11. The van der Waals surface area contributed by atoms with E-state index >= 15 is 0 Å². The zero-order valence-corrected chi connectivity index (χ0v) is 11.6. The quantitative estimate of drug-likeness (QED) is 0.530. The van der Waals surface area contributed by atoms with Gasteiger partial charge >= 0.3 is 6.18 Å². The standard InChI is InChI=1S/C13H6Cl2F3NO2/c14-8-2-4-11(15)10(6-8)9-3-1-7(13(16,17)18)5-12(9)19(20)21/h1-6H. The summed E-state index contributed by atoms with van der Waals surface area (Å²) in [5, 5.41) is 11.5. The number of nitrogens with zero attached hydrogens (tertiary/aromatic N) is 1. The van der Waals surface area contributed by atoms with E-state index in [4.69, 9.17) is 23.2 Å². The largest absolute Gasteiger partial charge is 0.416 e. The fourth-order valence-corrected chi connectivity index (χ4v) is 2.18. The summed E-state index contributed by atoms with van der Waals surface area (Å²) < 4.78 is 37.9. The fourth-order valence-electron chi connectivity index (χ4n) is 1.79. The van der Waals surface area contributed by atoms with E-state index in [1.54, 1.807) is 0 Å². The van der Waals surface area contributed by atoms with Gasteiger partial charge in [-0.2, -0.15) is 13.2 Å². The molecule has 0 aliphatic heterocycles. The molecule has 2 aromatic carbocycles. The molecule has 0 fully saturated rings. The minimum absolute atomic E-state index is 0.0273. The average Bonchev–Trinajstić information content (AvgIpc) is 2.40. The molecule has 8 heteroatoms. The highest BCUT2D eigenvalue weighted by molar-refractivity contribution is 6.35. The van der Waals surface area contributed by atoms with E-state index in [0.29, 0.717) is 6.07 Å². The second kappa shape index (κ2) is 5.54. The van der Waals surface area contributed by atoms with E-state index < -0.39 is 22.4 Å². The Morgan fingerprint density at radius 1 is 1.00 bits per heavy atom. The number of rotatable bonds is 2. The summed E-state index contributed by atoms with van der Waals surface area (Å²) in [6, 6.07) is 6.51. The SMILES string of the molecule is O=[N+]([O-])c1cc(C(F)(F)F)ccc1-c1cc(Cl)ccc1Cl. The fraction of sp³-hybridized carbons (Fsp3) is 0.0769. The van der Waals surface area contributed by atoms with Gasteiger partial charge in [0, 0.05) is 21.7 Å². The Morgan fingerprint density at radius 3 is 2.24 bits per heavy atom. The number of hydrogen-bond donors (Lipinski definition) is 0. The summed E-state index contributed by atoms with van der Waals surface area (Å²) in [7, 11) is 0. The lowest BCUT2D eigenvalue weighted by Crippen LogP contribution is -2.06. The van der Waals surface area contributed by atoms with Crippen LogP contribution in [0.5, 0.6) is 0 Å². The third kappa shape index (κ3) is 3.28. The van der Waals surface area contributed by atoms with Crippen LogP contribution in [0.15, 0.2) is 36.4 Å². The molecule has 0 heterocycles. The third-order valence-electron chi connectivity index (χ3n) is 2.74. The summed E-state index contributed by atoms with van der Waals surface area (Å²) in [6.07, 6.45) is -4.67. The molecule has 0 spiro atoms. The Balaban J connectivity index is 2.69. The van der Waals surface area contributed by atoms with Gasteiger partial charge in [0.2, 0.25) is 0 Å². The van der Waals surface area contributed by atoms with E-state index in [1.807, 2.05) is 0 Å². The van der Waals surface area contributed by atoms with Crippen LogP contribution in [0.3, 0.4) is 0 Å². The van der Waals surface area contributed by atoms with Crippen molar-refractivity contribution in [3.05, 3.63) is 62.1 Å². The van der Waals surface area contributed by atoms with Gasteiger partial charge < -0.3 is 0 Å². The lowest BCUT2D eigenvalue weighted by Gasteiger charge is -2.10. The lowest BCUT2D eigenvalue weighted by molar-refractivity contribution is -0.384. The molecule has 21 heavy (non-hydrogen) atoms. The van der Waals surface area contributed by atoms with Crippen LogP contribution in [-0.2, 0) is 6.18 Å². The maximum atomic E-state index is 12.6. The molecule has 0 bridgehead atoms. The average molecular weight is 336 g/mol. The predicted octanol–water partition coefficient (Wildman–Crippen LogP) is 5.59. The van der Waals surface area contributed by atoms with E-state index in [1.165, 1.54) is 18.2 Å². The van der Waals surface area contributed by atoms with Crippen LogP contribution >= 0.6 is 23.2 Å². The van der Waals surface area contributed by atoms with Gasteiger partial charge in [0.1, 0.15) is 0 Å². The van der Waals surface area contributed by atoms with Crippen molar-refractivity contribution in [3.63, 3.8) is 0 Å². The molecule has 0 atom stereocenters. The summed E-state index contributed by atoms with van der Waals surface area (Å²) in [4.78, 5) is 10.1. The normalized spacial score (nSPS) is 11.5. The Kier molecular flexibility index (Phi) is 4.11. The topological polar surface area (TPSA) is 43.1 Å². The first-order chi connectivity index (χ1) is 9.70. The molecule has 2 rings (SSSR count). The molecule has 0 aromatic heterocycles. The molecule has 0 radical (unpaired) electrons. The van der Waals surface area contributed by atoms with Gasteiger partial charge in [0.25, 0.3) is 5.69 Å². The Bertz CT molecular complexity index is 717. The number of alkyl halides is 3. The molecular weight excluding hydrogens is 330 g/mol. The number of hydrogen-bond acceptors (Lipinski definition) is 2. The lowest BCUT2D eigenvalue weighted by atomic mass is 10.0. The molecule has 0 N–H and O–H groups in total. The number of nitro groups is 1. The van der Waals surface area contributed by atoms with Crippen LogP contribution in [0.25, 0.3) is 11.1 Å². The summed E-state index contributed by atoms with van der Waals surface area (Å²) in [5.74, 6) is 0. The van der Waals surface area contributed by atoms with Crippen molar-refractivity contribution in [1.82, 2.24) is 0 Å². The van der Waals surface area contributed by atoms with Crippen molar-refractivity contribution in [3.8, 4) is 11.1 Å². The molecule has 0 aliphatic carbocycles. The first-order valence-electron chi connectivity index (χ1n) is 5.51. The van der Waals surface area contributed by atoms with Gasteiger partial charge in [-0.05, 0) is 30.3 Å². The molecule has 0 amide bonds. The van der Waals surface area contributed by atoms with Crippen LogP contribution < -0.4 is 0 Å². The summed E-state index contributed by atoms with van der Waals surface area (Å²) >= 11 is 11.7. The molecule has 0 unspecified atom stereocenters. The molecule has 0 saturated carbocycles. The van der Waals surface area contributed by atoms with Gasteiger partial charge in [-0.3, -0.25) is 10.1 Å². The zero-order chi connectivity index (χ0) is 15.8. The Labute approximate surface area is 127 Å².